The van der Waals surface area contributed by atoms with E-state index in [1.165, 1.54) is 0 Å². The maximum Gasteiger partial charge on any atom is 0.261 e. The summed E-state index contributed by atoms with van der Waals surface area (Å²) < 4.78 is 0. The van der Waals surface area contributed by atoms with Crippen LogP contribution in [-0.2, 0) is 20.4 Å². The fourth-order valence-corrected chi connectivity index (χ4v) is 4.06. The number of rotatable bonds is 5. The number of nitrogens with one attached hydrogen (secondary N) is 1. The van der Waals surface area contributed by atoms with Gasteiger partial charge in [-0.3, -0.25) is 9.59 Å². The molecular weight excluding hydrogens is 419 g/mol. The number of anilines is 1. The first kappa shape index (κ1) is 25.9. The molecule has 0 aromatic heterocycles. The Labute approximate surface area is 194 Å². The lowest BCUT2D eigenvalue weighted by atomic mass is 9.79. The Morgan fingerprint density at radius 1 is 1.00 bits per heavy atom. The largest absolute Gasteiger partial charge is 0.508 e. The van der Waals surface area contributed by atoms with E-state index in [9.17, 15) is 14.7 Å². The third-order valence-corrected chi connectivity index (χ3v) is 5.86. The molecule has 1 aromatic carbocycles. The predicted molar refractivity (Wildman–Crippen MR) is 136 cm³/mol. The van der Waals surface area contributed by atoms with Crippen molar-refractivity contribution in [3.63, 3.8) is 0 Å². The molecule has 1 amide bonds. The Hall–Kier alpha value is -2.39. The van der Waals surface area contributed by atoms with Crippen LogP contribution >= 0.6 is 9.24 Å². The van der Waals surface area contributed by atoms with E-state index in [1.54, 1.807) is 31.3 Å². The Balaban J connectivity index is 2.52. The zero-order chi connectivity index (χ0) is 24.4. The number of nitrogens with zero attached hydrogens (tertiary/aromatic N) is 1. The minimum absolute atomic E-state index is 0.0516. The van der Waals surface area contributed by atoms with Crippen molar-refractivity contribution in [1.82, 2.24) is 4.90 Å². The van der Waals surface area contributed by atoms with Gasteiger partial charge in [0.15, 0.2) is 5.78 Å². The van der Waals surface area contributed by atoms with Crippen LogP contribution in [0.4, 0.5) is 5.69 Å². The van der Waals surface area contributed by atoms with E-state index in [1.807, 2.05) is 39.0 Å². The van der Waals surface area contributed by atoms with Crippen molar-refractivity contribution in [3.05, 3.63) is 58.1 Å². The fraction of sp³-hybridized carbons (Fsp3) is 0.462. The number of benzene rings is 1. The summed E-state index contributed by atoms with van der Waals surface area (Å²) in [6.07, 6.45) is 7.07. The lowest BCUT2D eigenvalue weighted by Gasteiger charge is -2.28. The molecular formula is C26H37N2O3P. The minimum Gasteiger partial charge on any atom is -0.508 e. The SMILES string of the molecule is CN(C)/C=C(\C(=O)Nc1cc(O)c(C(C)(C)C)cc1C(C)(C)C)C(=O)C1=CCCC=C1P. The lowest BCUT2D eigenvalue weighted by Crippen LogP contribution is -2.26. The third-order valence-electron chi connectivity index (χ3n) is 5.31. The summed E-state index contributed by atoms with van der Waals surface area (Å²) in [5.74, 6) is -0.693. The van der Waals surface area contributed by atoms with Crippen molar-refractivity contribution in [1.29, 1.82) is 0 Å². The second kappa shape index (κ2) is 9.62. The van der Waals surface area contributed by atoms with E-state index >= 15 is 0 Å². The van der Waals surface area contributed by atoms with Gasteiger partial charge in [-0.1, -0.05) is 53.7 Å². The van der Waals surface area contributed by atoms with E-state index in [-0.39, 0.29) is 27.9 Å². The van der Waals surface area contributed by atoms with Crippen molar-refractivity contribution in [2.45, 2.75) is 65.2 Å². The number of hydrogen-bond donors (Lipinski definition) is 2. The fourth-order valence-electron chi connectivity index (χ4n) is 3.64. The smallest absolute Gasteiger partial charge is 0.261 e. The number of ketones is 1. The van der Waals surface area contributed by atoms with Gasteiger partial charge >= 0.3 is 0 Å². The zero-order valence-electron chi connectivity index (χ0n) is 20.6. The Bertz CT molecular complexity index is 1000. The standard InChI is InChI=1S/C26H37N2O3P/c1-25(2,3)18-13-19(26(4,5)6)21(29)14-20(18)27-24(31)17(15-28(7)8)23(30)16-11-9-10-12-22(16)32/h11-15,29H,9-10,32H2,1-8H3,(H,27,31)/b17-15-. The van der Waals surface area contributed by atoms with Crippen molar-refractivity contribution in [3.8, 4) is 5.75 Å². The van der Waals surface area contributed by atoms with Crippen LogP contribution in [0.25, 0.3) is 0 Å². The summed E-state index contributed by atoms with van der Waals surface area (Å²) >= 11 is 0. The van der Waals surface area contributed by atoms with Gasteiger partial charge < -0.3 is 15.3 Å². The number of amides is 1. The molecule has 2 N–H and O–H groups in total. The van der Waals surface area contributed by atoms with Gasteiger partial charge in [-0.25, -0.2) is 0 Å². The van der Waals surface area contributed by atoms with Gasteiger partial charge in [-0.2, -0.15) is 0 Å². The van der Waals surface area contributed by atoms with Crippen molar-refractivity contribution >= 4 is 26.6 Å². The van der Waals surface area contributed by atoms with E-state index in [2.05, 4.69) is 35.3 Å². The average Bonchev–Trinajstić information content (AvgIpc) is 2.63. The van der Waals surface area contributed by atoms with Crippen LogP contribution < -0.4 is 5.32 Å². The average molecular weight is 457 g/mol. The first-order valence-corrected chi connectivity index (χ1v) is 11.5. The summed E-state index contributed by atoms with van der Waals surface area (Å²) in [6.45, 7) is 12.3. The van der Waals surface area contributed by atoms with Crippen LogP contribution in [0.3, 0.4) is 0 Å². The number of phenolic OH excluding ortho intramolecular Hbond substituents is 1. The quantitative estimate of drug-likeness (QED) is 0.269. The topological polar surface area (TPSA) is 69.6 Å². The van der Waals surface area contributed by atoms with Gasteiger partial charge in [0.1, 0.15) is 11.3 Å². The summed E-state index contributed by atoms with van der Waals surface area (Å²) in [5, 5.41) is 14.4. The highest BCUT2D eigenvalue weighted by Crippen LogP contribution is 2.40. The molecule has 1 atom stereocenters. The van der Waals surface area contributed by atoms with Gasteiger partial charge in [0.2, 0.25) is 0 Å². The van der Waals surface area contributed by atoms with Gasteiger partial charge in [-0.15, -0.1) is 9.24 Å². The van der Waals surface area contributed by atoms with Crippen LogP contribution in [0.15, 0.2) is 46.9 Å². The molecule has 6 heteroatoms. The maximum absolute atomic E-state index is 13.3. The highest BCUT2D eigenvalue weighted by molar-refractivity contribution is 7.23. The molecule has 1 unspecified atom stereocenters. The van der Waals surface area contributed by atoms with Crippen molar-refractivity contribution in [2.75, 3.05) is 19.4 Å². The molecule has 0 spiro atoms. The van der Waals surface area contributed by atoms with Crippen LogP contribution in [-0.4, -0.2) is 35.8 Å². The highest BCUT2D eigenvalue weighted by atomic mass is 31.0. The molecule has 2 rings (SSSR count). The summed E-state index contributed by atoms with van der Waals surface area (Å²) in [4.78, 5) is 28.3. The Morgan fingerprint density at radius 3 is 2.06 bits per heavy atom. The van der Waals surface area contributed by atoms with E-state index in [0.717, 1.165) is 29.3 Å². The Morgan fingerprint density at radius 2 is 1.56 bits per heavy atom. The normalized spacial score (nSPS) is 15.1. The number of allylic oxidation sites excluding steroid dienone is 4. The molecule has 0 aliphatic heterocycles. The minimum atomic E-state index is -0.499. The number of carbonyl (C=O) groups is 2. The molecule has 0 saturated heterocycles. The number of carbonyl (C=O) groups excluding carboxylic acids is 2. The lowest BCUT2D eigenvalue weighted by molar-refractivity contribution is -0.118. The van der Waals surface area contributed by atoms with Crippen molar-refractivity contribution < 1.29 is 14.7 Å². The number of Topliss-reactive ketones (excluding diaryl/α,β-unsaturated/α-hetero) is 1. The summed E-state index contributed by atoms with van der Waals surface area (Å²) in [7, 11) is 6.14. The summed E-state index contributed by atoms with van der Waals surface area (Å²) in [6, 6.07) is 3.55. The Kier molecular flexibility index (Phi) is 7.78. The first-order chi connectivity index (χ1) is 14.6. The van der Waals surface area contributed by atoms with Gasteiger partial charge in [-0.05, 0) is 46.2 Å². The van der Waals surface area contributed by atoms with Gasteiger partial charge in [0.05, 0.1) is 0 Å². The molecule has 1 aromatic rings. The molecule has 1 aliphatic carbocycles. The van der Waals surface area contributed by atoms with E-state index in [0.29, 0.717) is 11.3 Å². The van der Waals surface area contributed by atoms with Gasteiger partial charge in [0.25, 0.3) is 5.91 Å². The monoisotopic (exact) mass is 456 g/mol. The van der Waals surface area contributed by atoms with Crippen LogP contribution in [0.5, 0.6) is 5.75 Å². The molecule has 1 aliphatic rings. The highest BCUT2D eigenvalue weighted by Gasteiger charge is 2.29. The third kappa shape index (κ3) is 6.10. The molecule has 5 nitrogen and oxygen atoms in total. The van der Waals surface area contributed by atoms with Gasteiger partial charge in [0, 0.05) is 37.6 Å². The second-order valence-corrected chi connectivity index (χ2v) is 11.2. The maximum atomic E-state index is 13.3. The molecule has 0 fully saturated rings. The molecule has 0 saturated carbocycles. The molecule has 174 valence electrons. The first-order valence-electron chi connectivity index (χ1n) is 10.9. The van der Waals surface area contributed by atoms with Crippen LogP contribution in [0, 0.1) is 0 Å². The predicted octanol–water partition coefficient (Wildman–Crippen LogP) is 5.42. The molecule has 32 heavy (non-hydrogen) atoms. The van der Waals surface area contributed by atoms with Crippen LogP contribution in [0.2, 0.25) is 0 Å². The number of aromatic hydroxyl groups is 1. The number of hydrogen-bond acceptors (Lipinski definition) is 4. The van der Waals surface area contributed by atoms with E-state index < -0.39 is 5.91 Å². The second-order valence-electron chi connectivity index (χ2n) is 10.6. The molecule has 0 heterocycles. The van der Waals surface area contributed by atoms with Crippen LogP contribution in [0.1, 0.15) is 65.5 Å². The zero-order valence-corrected chi connectivity index (χ0v) is 21.7. The molecule has 0 bridgehead atoms. The van der Waals surface area contributed by atoms with E-state index in [4.69, 9.17) is 0 Å². The number of phenols is 1. The molecule has 0 radical (unpaired) electrons. The summed E-state index contributed by atoms with van der Waals surface area (Å²) in [5.41, 5.74) is 2.26. The van der Waals surface area contributed by atoms with Crippen molar-refractivity contribution in [2.24, 2.45) is 0 Å².